The maximum Gasteiger partial charge on any atom is 0.255 e. The van der Waals surface area contributed by atoms with Gasteiger partial charge in [-0.2, -0.15) is 0 Å². The fourth-order valence-electron chi connectivity index (χ4n) is 1.96. The number of fused-ring (bicyclic) bond motifs is 1. The third kappa shape index (κ3) is 1.45. The van der Waals surface area contributed by atoms with Crippen LogP contribution in [0, 0.1) is 0 Å². The highest BCUT2D eigenvalue weighted by atomic mass is 16.1. The molecule has 0 amide bonds. The largest absolute Gasteiger partial charge is 0.359 e. The third-order valence-electron chi connectivity index (χ3n) is 2.79. The average molecular weight is 216 g/mol. The van der Waals surface area contributed by atoms with Gasteiger partial charge in [0.15, 0.2) is 5.82 Å². The van der Waals surface area contributed by atoms with Crippen molar-refractivity contribution in [3.8, 4) is 11.5 Å². The molecule has 2 aromatic heterocycles. The molecule has 0 saturated carbocycles. The topological polar surface area (TPSA) is 73.6 Å². The van der Waals surface area contributed by atoms with E-state index in [1.807, 2.05) is 18.3 Å². The maximum absolute atomic E-state index is 11.8. The first-order chi connectivity index (χ1) is 7.84. The van der Waals surface area contributed by atoms with Crippen LogP contribution in [0.5, 0.6) is 0 Å². The molecular weight excluding hydrogens is 204 g/mol. The Morgan fingerprint density at radius 3 is 3.12 bits per heavy atom. The van der Waals surface area contributed by atoms with Gasteiger partial charge in [0.1, 0.15) is 0 Å². The molecule has 3 rings (SSSR count). The van der Waals surface area contributed by atoms with Crippen molar-refractivity contribution in [3.63, 3.8) is 0 Å². The number of aromatic nitrogens is 3. The zero-order chi connectivity index (χ0) is 11.0. The molecule has 1 aliphatic rings. The van der Waals surface area contributed by atoms with Crippen molar-refractivity contribution < 1.29 is 0 Å². The van der Waals surface area contributed by atoms with Crippen LogP contribution in [-0.2, 0) is 13.0 Å². The number of nitrogens with zero attached hydrogens (tertiary/aromatic N) is 1. The van der Waals surface area contributed by atoms with Gasteiger partial charge in [0, 0.05) is 25.7 Å². The van der Waals surface area contributed by atoms with Crippen molar-refractivity contribution in [2.75, 3.05) is 6.54 Å². The van der Waals surface area contributed by atoms with E-state index in [0.29, 0.717) is 12.4 Å². The van der Waals surface area contributed by atoms with Crippen molar-refractivity contribution in [2.45, 2.75) is 13.0 Å². The predicted molar refractivity (Wildman–Crippen MR) is 60.1 cm³/mol. The van der Waals surface area contributed by atoms with Crippen LogP contribution in [0.4, 0.5) is 0 Å². The normalized spacial score (nSPS) is 14.8. The van der Waals surface area contributed by atoms with E-state index < -0.39 is 0 Å². The zero-order valence-electron chi connectivity index (χ0n) is 8.71. The van der Waals surface area contributed by atoms with E-state index in [9.17, 15) is 4.79 Å². The summed E-state index contributed by atoms with van der Waals surface area (Å²) in [6.07, 6.45) is 2.63. The summed E-state index contributed by atoms with van der Waals surface area (Å²) in [6, 6.07) is 3.78. The van der Waals surface area contributed by atoms with Gasteiger partial charge in [-0.15, -0.1) is 0 Å². The Morgan fingerprint density at radius 1 is 1.38 bits per heavy atom. The first-order valence-electron chi connectivity index (χ1n) is 5.31. The van der Waals surface area contributed by atoms with Crippen LogP contribution in [0.2, 0.25) is 0 Å². The Balaban J connectivity index is 2.16. The lowest BCUT2D eigenvalue weighted by Gasteiger charge is -2.15. The van der Waals surface area contributed by atoms with Gasteiger partial charge in [0.25, 0.3) is 5.56 Å². The van der Waals surface area contributed by atoms with E-state index >= 15 is 0 Å². The highest BCUT2D eigenvalue weighted by Gasteiger charge is 2.15. The molecule has 0 aliphatic carbocycles. The van der Waals surface area contributed by atoms with E-state index in [2.05, 4.69) is 20.3 Å². The van der Waals surface area contributed by atoms with Gasteiger partial charge in [0.2, 0.25) is 0 Å². The highest BCUT2D eigenvalue weighted by molar-refractivity contribution is 5.49. The van der Waals surface area contributed by atoms with E-state index in [4.69, 9.17) is 0 Å². The van der Waals surface area contributed by atoms with Gasteiger partial charge in [-0.1, -0.05) is 0 Å². The van der Waals surface area contributed by atoms with E-state index in [-0.39, 0.29) is 5.56 Å². The van der Waals surface area contributed by atoms with Gasteiger partial charge in [-0.3, -0.25) is 4.79 Å². The third-order valence-corrected chi connectivity index (χ3v) is 2.79. The standard InChI is InChI=1S/C11H12N4O/c16-11-7-6-12-5-3-8(7)14-10(15-11)9-2-1-4-13-9/h1-2,4,12-13H,3,5-6H2,(H,14,15,16). The Hall–Kier alpha value is -1.88. The fourth-order valence-corrected chi connectivity index (χ4v) is 1.96. The molecule has 16 heavy (non-hydrogen) atoms. The number of H-pyrrole nitrogens is 2. The molecule has 3 N–H and O–H groups in total. The van der Waals surface area contributed by atoms with Crippen LogP contribution in [-0.4, -0.2) is 21.5 Å². The van der Waals surface area contributed by atoms with Crippen LogP contribution in [0.15, 0.2) is 23.1 Å². The molecule has 0 atom stereocenters. The minimum atomic E-state index is -0.0400. The molecule has 5 nitrogen and oxygen atoms in total. The molecule has 0 aromatic carbocycles. The summed E-state index contributed by atoms with van der Waals surface area (Å²) in [5, 5.41) is 3.17. The summed E-state index contributed by atoms with van der Waals surface area (Å²) < 4.78 is 0. The van der Waals surface area contributed by atoms with Crippen LogP contribution in [0.1, 0.15) is 11.3 Å². The molecule has 0 bridgehead atoms. The number of hydrogen-bond acceptors (Lipinski definition) is 3. The lowest BCUT2D eigenvalue weighted by Crippen LogP contribution is -2.31. The minimum Gasteiger partial charge on any atom is -0.359 e. The second kappa shape index (κ2) is 3.61. The van der Waals surface area contributed by atoms with E-state index in [0.717, 1.165) is 29.9 Å². The van der Waals surface area contributed by atoms with Crippen LogP contribution < -0.4 is 10.9 Å². The summed E-state index contributed by atoms with van der Waals surface area (Å²) in [5.41, 5.74) is 2.48. The SMILES string of the molecule is O=c1[nH]c(-c2ccc[nH]2)nc2c1CNCC2. The molecular formula is C11H12N4O. The number of rotatable bonds is 1. The number of hydrogen-bond donors (Lipinski definition) is 3. The summed E-state index contributed by atoms with van der Waals surface area (Å²) >= 11 is 0. The predicted octanol–water partition coefficient (Wildman–Crippen LogP) is 0.411. The lowest BCUT2D eigenvalue weighted by molar-refractivity contribution is 0.621. The van der Waals surface area contributed by atoms with Gasteiger partial charge < -0.3 is 15.3 Å². The van der Waals surface area contributed by atoms with Gasteiger partial charge in [-0.25, -0.2) is 4.98 Å². The van der Waals surface area contributed by atoms with Crippen molar-refractivity contribution in [1.29, 1.82) is 0 Å². The monoisotopic (exact) mass is 216 g/mol. The summed E-state index contributed by atoms with van der Waals surface area (Å²) in [4.78, 5) is 22.2. The average Bonchev–Trinajstić information content (AvgIpc) is 2.82. The smallest absolute Gasteiger partial charge is 0.255 e. The molecule has 0 unspecified atom stereocenters. The maximum atomic E-state index is 11.8. The second-order valence-electron chi connectivity index (χ2n) is 3.85. The van der Waals surface area contributed by atoms with Crippen LogP contribution >= 0.6 is 0 Å². The van der Waals surface area contributed by atoms with Crippen molar-refractivity contribution >= 4 is 0 Å². The molecule has 82 valence electrons. The fraction of sp³-hybridized carbons (Fsp3) is 0.273. The number of nitrogens with one attached hydrogen (secondary N) is 3. The molecule has 0 fully saturated rings. The van der Waals surface area contributed by atoms with Crippen LogP contribution in [0.25, 0.3) is 11.5 Å². The van der Waals surface area contributed by atoms with Crippen molar-refractivity contribution in [2.24, 2.45) is 0 Å². The minimum absolute atomic E-state index is 0.0400. The molecule has 0 radical (unpaired) electrons. The number of aromatic amines is 2. The first-order valence-corrected chi connectivity index (χ1v) is 5.31. The summed E-state index contributed by atoms with van der Waals surface area (Å²) in [5.74, 6) is 0.621. The summed E-state index contributed by atoms with van der Waals surface area (Å²) in [7, 11) is 0. The van der Waals surface area contributed by atoms with Gasteiger partial charge >= 0.3 is 0 Å². The molecule has 1 aliphatic heterocycles. The van der Waals surface area contributed by atoms with E-state index in [1.165, 1.54) is 0 Å². The molecule has 5 heteroatoms. The first kappa shape index (κ1) is 9.35. The molecule has 2 aromatic rings. The zero-order valence-corrected chi connectivity index (χ0v) is 8.71. The second-order valence-corrected chi connectivity index (χ2v) is 3.85. The Morgan fingerprint density at radius 2 is 2.31 bits per heavy atom. The molecule has 0 spiro atoms. The molecule has 0 saturated heterocycles. The van der Waals surface area contributed by atoms with Gasteiger partial charge in [-0.05, 0) is 12.1 Å². The van der Waals surface area contributed by atoms with Gasteiger partial charge in [0.05, 0.1) is 17.0 Å². The lowest BCUT2D eigenvalue weighted by atomic mass is 10.1. The van der Waals surface area contributed by atoms with Crippen molar-refractivity contribution in [1.82, 2.24) is 20.3 Å². The highest BCUT2D eigenvalue weighted by Crippen LogP contribution is 2.13. The summed E-state index contributed by atoms with van der Waals surface area (Å²) in [6.45, 7) is 1.50. The van der Waals surface area contributed by atoms with E-state index in [1.54, 1.807) is 0 Å². The van der Waals surface area contributed by atoms with Crippen molar-refractivity contribution in [3.05, 3.63) is 39.9 Å². The molecule has 3 heterocycles. The quantitative estimate of drug-likeness (QED) is 0.646. The Labute approximate surface area is 91.9 Å². The Kier molecular flexibility index (Phi) is 2.11. The Bertz CT molecular complexity index is 556. The van der Waals surface area contributed by atoms with Crippen LogP contribution in [0.3, 0.4) is 0 Å².